The van der Waals surface area contributed by atoms with Gasteiger partial charge >= 0.3 is 0 Å². The van der Waals surface area contributed by atoms with Gasteiger partial charge < -0.3 is 10.8 Å². The second-order valence-electron chi connectivity index (χ2n) is 4.54. The topological polar surface area (TPSA) is 83.6 Å². The summed E-state index contributed by atoms with van der Waals surface area (Å²) in [5.74, 6) is 0. The molecule has 0 saturated heterocycles. The molecule has 0 unspecified atom stereocenters. The molecule has 19 heavy (non-hydrogen) atoms. The van der Waals surface area contributed by atoms with Gasteiger partial charge in [-0.3, -0.25) is 0 Å². The van der Waals surface area contributed by atoms with E-state index in [2.05, 4.69) is 0 Å². The number of aliphatic hydroxyl groups excluding tert-OH is 1. The number of aliphatic hydroxyl groups is 1. The molecule has 0 atom stereocenters. The molecule has 2 rings (SSSR count). The maximum atomic E-state index is 12.5. The lowest BCUT2D eigenvalue weighted by Gasteiger charge is -2.21. The van der Waals surface area contributed by atoms with Gasteiger partial charge in [-0.05, 0) is 30.5 Å². The largest absolute Gasteiger partial charge is 0.395 e. The fourth-order valence-corrected chi connectivity index (χ4v) is 4.19. The van der Waals surface area contributed by atoms with Crippen molar-refractivity contribution < 1.29 is 13.5 Å². The Morgan fingerprint density at radius 2 is 2.11 bits per heavy atom. The fourth-order valence-electron chi connectivity index (χ4n) is 1.97. The van der Waals surface area contributed by atoms with Crippen LogP contribution in [0.4, 0.5) is 0 Å². The highest BCUT2D eigenvalue weighted by Crippen LogP contribution is 2.34. The summed E-state index contributed by atoms with van der Waals surface area (Å²) in [7, 11) is -3.66. The minimum atomic E-state index is -3.66. The Morgan fingerprint density at radius 3 is 2.58 bits per heavy atom. The molecule has 0 amide bonds. The summed E-state index contributed by atoms with van der Waals surface area (Å²) in [6, 6.07) is 4.69. The van der Waals surface area contributed by atoms with Gasteiger partial charge in [0.2, 0.25) is 10.0 Å². The number of hydrogen-bond acceptors (Lipinski definition) is 4. The lowest BCUT2D eigenvalue weighted by atomic mass is 10.2. The molecule has 1 fully saturated rings. The first kappa shape index (κ1) is 14.7. The van der Waals surface area contributed by atoms with Crippen LogP contribution in [0.1, 0.15) is 18.4 Å². The van der Waals surface area contributed by atoms with Crippen molar-refractivity contribution in [2.45, 2.75) is 30.3 Å². The van der Waals surface area contributed by atoms with E-state index in [1.54, 1.807) is 12.1 Å². The summed E-state index contributed by atoms with van der Waals surface area (Å²) in [6.07, 6.45) is 1.66. The maximum Gasteiger partial charge on any atom is 0.244 e. The van der Waals surface area contributed by atoms with Gasteiger partial charge in [-0.2, -0.15) is 4.31 Å². The Morgan fingerprint density at radius 1 is 1.42 bits per heavy atom. The van der Waals surface area contributed by atoms with Gasteiger partial charge in [0.05, 0.1) is 11.6 Å². The number of benzene rings is 1. The maximum absolute atomic E-state index is 12.5. The Balaban J connectivity index is 2.37. The minimum Gasteiger partial charge on any atom is -0.395 e. The van der Waals surface area contributed by atoms with E-state index in [1.165, 1.54) is 10.4 Å². The molecule has 1 aromatic carbocycles. The third-order valence-electron chi connectivity index (χ3n) is 3.09. The lowest BCUT2D eigenvalue weighted by molar-refractivity contribution is 0.250. The van der Waals surface area contributed by atoms with Gasteiger partial charge in [0.15, 0.2) is 0 Å². The Hall–Kier alpha value is -0.660. The van der Waals surface area contributed by atoms with E-state index in [0.717, 1.165) is 18.4 Å². The van der Waals surface area contributed by atoms with E-state index in [4.69, 9.17) is 22.4 Å². The van der Waals surface area contributed by atoms with Crippen LogP contribution in [0.5, 0.6) is 0 Å². The molecule has 5 nitrogen and oxygen atoms in total. The van der Waals surface area contributed by atoms with Gasteiger partial charge in [0.25, 0.3) is 0 Å². The van der Waals surface area contributed by atoms with Crippen LogP contribution >= 0.6 is 11.6 Å². The normalized spacial score (nSPS) is 16.0. The van der Waals surface area contributed by atoms with E-state index in [9.17, 15) is 8.42 Å². The van der Waals surface area contributed by atoms with Crippen molar-refractivity contribution in [3.8, 4) is 0 Å². The van der Waals surface area contributed by atoms with Crippen LogP contribution in [-0.2, 0) is 16.6 Å². The van der Waals surface area contributed by atoms with Crippen molar-refractivity contribution in [1.82, 2.24) is 4.31 Å². The summed E-state index contributed by atoms with van der Waals surface area (Å²) >= 11 is 6.04. The first-order valence-electron chi connectivity index (χ1n) is 6.12. The third-order valence-corrected chi connectivity index (χ3v) is 5.53. The van der Waals surface area contributed by atoms with Crippen LogP contribution in [0, 0.1) is 0 Å². The predicted molar refractivity (Wildman–Crippen MR) is 73.3 cm³/mol. The number of rotatable bonds is 6. The molecule has 0 heterocycles. The second kappa shape index (κ2) is 5.76. The predicted octanol–water partition coefficient (Wildman–Crippen LogP) is 0.944. The van der Waals surface area contributed by atoms with Crippen molar-refractivity contribution in [3.05, 3.63) is 28.8 Å². The van der Waals surface area contributed by atoms with E-state index in [1.807, 2.05) is 0 Å². The highest BCUT2D eigenvalue weighted by Gasteiger charge is 2.38. The number of halogens is 1. The zero-order valence-corrected chi connectivity index (χ0v) is 12.0. The average molecular weight is 305 g/mol. The molecule has 1 aromatic rings. The highest BCUT2D eigenvalue weighted by molar-refractivity contribution is 7.89. The second-order valence-corrected chi connectivity index (χ2v) is 6.81. The van der Waals surface area contributed by atoms with Crippen molar-refractivity contribution in [2.24, 2.45) is 5.73 Å². The van der Waals surface area contributed by atoms with Crippen molar-refractivity contribution in [3.63, 3.8) is 0 Å². The van der Waals surface area contributed by atoms with Crippen LogP contribution in [0.2, 0.25) is 5.02 Å². The van der Waals surface area contributed by atoms with E-state index in [0.29, 0.717) is 6.54 Å². The van der Waals surface area contributed by atoms with Crippen molar-refractivity contribution in [2.75, 3.05) is 13.2 Å². The monoisotopic (exact) mass is 304 g/mol. The molecular formula is C12H17ClN2O3S. The zero-order valence-electron chi connectivity index (χ0n) is 10.4. The Bertz CT molecular complexity index is 558. The molecule has 0 radical (unpaired) electrons. The SMILES string of the molecule is NCc1ccc(S(=O)(=O)N(CCO)C2CC2)c(Cl)c1. The Kier molecular flexibility index (Phi) is 4.47. The standard InChI is InChI=1S/C12H17ClN2O3S/c13-11-7-9(8-14)1-4-12(11)19(17,18)15(5-6-16)10-2-3-10/h1,4,7,10,16H,2-3,5-6,8,14H2. The van der Waals surface area contributed by atoms with Crippen LogP contribution in [-0.4, -0.2) is 37.0 Å². The van der Waals surface area contributed by atoms with Gasteiger partial charge in [-0.25, -0.2) is 8.42 Å². The van der Waals surface area contributed by atoms with E-state index < -0.39 is 10.0 Å². The van der Waals surface area contributed by atoms with Crippen LogP contribution in [0.15, 0.2) is 23.1 Å². The number of sulfonamides is 1. The summed E-state index contributed by atoms with van der Waals surface area (Å²) in [5.41, 5.74) is 6.27. The summed E-state index contributed by atoms with van der Waals surface area (Å²) in [5, 5.41) is 9.19. The molecule has 3 N–H and O–H groups in total. The highest BCUT2D eigenvalue weighted by atomic mass is 35.5. The first-order chi connectivity index (χ1) is 9.00. The molecule has 7 heteroatoms. The molecule has 1 saturated carbocycles. The van der Waals surface area contributed by atoms with Crippen molar-refractivity contribution in [1.29, 1.82) is 0 Å². The van der Waals surface area contributed by atoms with Crippen LogP contribution in [0.25, 0.3) is 0 Å². The Labute approximate surface area is 118 Å². The summed E-state index contributed by atoms with van der Waals surface area (Å²) in [4.78, 5) is 0.0757. The van der Waals surface area contributed by atoms with Crippen LogP contribution < -0.4 is 5.73 Å². The number of nitrogens with two attached hydrogens (primary N) is 1. The quantitative estimate of drug-likeness (QED) is 0.819. The van der Waals surface area contributed by atoms with Gasteiger partial charge in [0, 0.05) is 19.1 Å². The van der Waals surface area contributed by atoms with Gasteiger partial charge in [-0.15, -0.1) is 0 Å². The summed E-state index contributed by atoms with van der Waals surface area (Å²) in [6.45, 7) is 0.208. The molecule has 0 aromatic heterocycles. The smallest absolute Gasteiger partial charge is 0.244 e. The zero-order chi connectivity index (χ0) is 14.0. The summed E-state index contributed by atoms with van der Waals surface area (Å²) < 4.78 is 26.4. The average Bonchev–Trinajstić information content (AvgIpc) is 3.19. The van der Waals surface area contributed by atoms with E-state index in [-0.39, 0.29) is 29.1 Å². The minimum absolute atomic E-state index is 0.0117. The number of hydrogen-bond donors (Lipinski definition) is 2. The molecule has 106 valence electrons. The molecule has 0 bridgehead atoms. The molecule has 0 spiro atoms. The van der Waals surface area contributed by atoms with Crippen LogP contribution in [0.3, 0.4) is 0 Å². The first-order valence-corrected chi connectivity index (χ1v) is 7.93. The molecule has 0 aliphatic heterocycles. The van der Waals surface area contributed by atoms with Gasteiger partial charge in [-0.1, -0.05) is 17.7 Å². The molecule has 1 aliphatic rings. The molecule has 1 aliphatic carbocycles. The van der Waals surface area contributed by atoms with Gasteiger partial charge in [0.1, 0.15) is 4.90 Å². The van der Waals surface area contributed by atoms with E-state index >= 15 is 0 Å². The van der Waals surface area contributed by atoms with Crippen molar-refractivity contribution >= 4 is 21.6 Å². The fraction of sp³-hybridized carbons (Fsp3) is 0.500. The third kappa shape index (κ3) is 3.09. The lowest BCUT2D eigenvalue weighted by Crippen LogP contribution is -2.35. The molecular weight excluding hydrogens is 288 g/mol. The number of nitrogens with zero attached hydrogens (tertiary/aromatic N) is 1.